The molecular formula is C16H20N2O2. The second-order valence-corrected chi connectivity index (χ2v) is 6.01. The maximum Gasteiger partial charge on any atom is 0.237 e. The van der Waals surface area contributed by atoms with Crippen molar-refractivity contribution in [3.63, 3.8) is 0 Å². The Morgan fingerprint density at radius 2 is 2.15 bits per heavy atom. The van der Waals surface area contributed by atoms with Crippen LogP contribution in [0.1, 0.15) is 25.8 Å². The molecular weight excluding hydrogens is 252 g/mol. The van der Waals surface area contributed by atoms with Crippen molar-refractivity contribution in [2.45, 2.75) is 38.8 Å². The minimum atomic E-state index is -0.689. The largest absolute Gasteiger partial charge is 0.392 e. The van der Waals surface area contributed by atoms with Gasteiger partial charge >= 0.3 is 0 Å². The summed E-state index contributed by atoms with van der Waals surface area (Å²) in [4.78, 5) is 12.2. The second kappa shape index (κ2) is 5.64. The summed E-state index contributed by atoms with van der Waals surface area (Å²) in [5.41, 5.74) is 0.657. The Hall–Kier alpha value is -1.86. The quantitative estimate of drug-likeness (QED) is 0.875. The highest BCUT2D eigenvalue weighted by Crippen LogP contribution is 2.40. The summed E-state index contributed by atoms with van der Waals surface area (Å²) in [5, 5.41) is 21.7. The Morgan fingerprint density at radius 1 is 1.50 bits per heavy atom. The number of benzene rings is 1. The van der Waals surface area contributed by atoms with E-state index >= 15 is 0 Å². The highest BCUT2D eigenvalue weighted by molar-refractivity contribution is 5.81. The molecule has 2 N–H and O–H groups in total. The SMILES string of the molecule is CC1(C)C(O)CC1NC(=O)C(C#N)Cc1ccccc1. The zero-order chi connectivity index (χ0) is 14.8. The van der Waals surface area contributed by atoms with E-state index in [9.17, 15) is 15.2 Å². The van der Waals surface area contributed by atoms with Gasteiger partial charge in [0.2, 0.25) is 5.91 Å². The van der Waals surface area contributed by atoms with Gasteiger partial charge in [0.1, 0.15) is 5.92 Å². The van der Waals surface area contributed by atoms with Crippen LogP contribution in [0.2, 0.25) is 0 Å². The van der Waals surface area contributed by atoms with Crippen LogP contribution in [0.3, 0.4) is 0 Å². The number of aliphatic hydroxyl groups is 1. The second-order valence-electron chi connectivity index (χ2n) is 6.01. The topological polar surface area (TPSA) is 73.1 Å². The number of hydrogen-bond donors (Lipinski definition) is 2. The van der Waals surface area contributed by atoms with Crippen LogP contribution in [0.15, 0.2) is 30.3 Å². The molecule has 106 valence electrons. The molecule has 20 heavy (non-hydrogen) atoms. The maximum absolute atomic E-state index is 12.2. The van der Waals surface area contributed by atoms with Crippen molar-refractivity contribution < 1.29 is 9.90 Å². The minimum absolute atomic E-state index is 0.0587. The van der Waals surface area contributed by atoms with Crippen LogP contribution in [-0.2, 0) is 11.2 Å². The fourth-order valence-corrected chi connectivity index (χ4v) is 2.47. The fourth-order valence-electron chi connectivity index (χ4n) is 2.47. The highest BCUT2D eigenvalue weighted by Gasteiger charge is 2.48. The van der Waals surface area contributed by atoms with E-state index in [1.807, 2.05) is 44.2 Å². The molecule has 0 radical (unpaired) electrons. The Bertz CT molecular complexity index is 519. The van der Waals surface area contributed by atoms with Gasteiger partial charge in [0.15, 0.2) is 0 Å². The number of hydrogen-bond acceptors (Lipinski definition) is 3. The summed E-state index contributed by atoms with van der Waals surface area (Å²) in [7, 11) is 0. The summed E-state index contributed by atoms with van der Waals surface area (Å²) < 4.78 is 0. The normalized spacial score (nSPS) is 25.1. The molecule has 0 spiro atoms. The standard InChI is InChI=1S/C16H20N2O2/c1-16(2)13(9-14(16)19)18-15(20)12(10-17)8-11-6-4-3-5-7-11/h3-7,12-14,19H,8-9H2,1-2H3,(H,18,20). The van der Waals surface area contributed by atoms with Crippen LogP contribution in [0.25, 0.3) is 0 Å². The van der Waals surface area contributed by atoms with Crippen LogP contribution in [0.5, 0.6) is 0 Å². The minimum Gasteiger partial charge on any atom is -0.392 e. The lowest BCUT2D eigenvalue weighted by atomic mass is 9.64. The molecule has 0 aromatic heterocycles. The van der Waals surface area contributed by atoms with E-state index in [2.05, 4.69) is 11.4 Å². The first-order valence-corrected chi connectivity index (χ1v) is 6.87. The van der Waals surface area contributed by atoms with E-state index in [-0.39, 0.29) is 23.5 Å². The Balaban J connectivity index is 1.96. The molecule has 1 aliphatic rings. The Kier molecular flexibility index (Phi) is 4.10. The first-order valence-electron chi connectivity index (χ1n) is 6.87. The van der Waals surface area contributed by atoms with E-state index < -0.39 is 5.92 Å². The number of aliphatic hydroxyl groups excluding tert-OH is 1. The number of nitrogens with zero attached hydrogens (tertiary/aromatic N) is 1. The zero-order valence-electron chi connectivity index (χ0n) is 11.8. The average molecular weight is 272 g/mol. The monoisotopic (exact) mass is 272 g/mol. The van der Waals surface area contributed by atoms with Crippen molar-refractivity contribution in [3.05, 3.63) is 35.9 Å². The number of carbonyl (C=O) groups excluding carboxylic acids is 1. The third-order valence-corrected chi connectivity index (χ3v) is 4.29. The molecule has 0 bridgehead atoms. The van der Waals surface area contributed by atoms with E-state index in [0.717, 1.165) is 5.56 Å². The highest BCUT2D eigenvalue weighted by atomic mass is 16.3. The summed E-state index contributed by atoms with van der Waals surface area (Å²) in [5.74, 6) is -0.938. The Labute approximate surface area is 119 Å². The van der Waals surface area contributed by atoms with Gasteiger partial charge in [-0.15, -0.1) is 0 Å². The van der Waals surface area contributed by atoms with Crippen LogP contribution >= 0.6 is 0 Å². The van der Waals surface area contributed by atoms with E-state index in [4.69, 9.17) is 0 Å². The molecule has 0 aliphatic heterocycles. The number of amides is 1. The van der Waals surface area contributed by atoms with Crippen molar-refractivity contribution in [1.82, 2.24) is 5.32 Å². The van der Waals surface area contributed by atoms with Gasteiger partial charge in [-0.25, -0.2) is 0 Å². The molecule has 1 fully saturated rings. The van der Waals surface area contributed by atoms with Gasteiger partial charge in [-0.05, 0) is 18.4 Å². The van der Waals surface area contributed by atoms with E-state index in [1.165, 1.54) is 0 Å². The molecule has 1 aromatic carbocycles. The average Bonchev–Trinajstić information content (AvgIpc) is 2.45. The molecule has 1 aliphatic carbocycles. The molecule has 4 heteroatoms. The lowest BCUT2D eigenvalue weighted by molar-refractivity contribution is -0.131. The van der Waals surface area contributed by atoms with Crippen molar-refractivity contribution in [2.24, 2.45) is 11.3 Å². The van der Waals surface area contributed by atoms with E-state index in [0.29, 0.717) is 12.8 Å². The molecule has 1 aromatic rings. The first-order chi connectivity index (χ1) is 9.45. The summed E-state index contributed by atoms with van der Waals surface area (Å²) in [6.07, 6.45) is 0.587. The van der Waals surface area contributed by atoms with Crippen molar-refractivity contribution in [2.75, 3.05) is 0 Å². The van der Waals surface area contributed by atoms with Gasteiger partial charge in [-0.2, -0.15) is 5.26 Å². The smallest absolute Gasteiger partial charge is 0.237 e. The van der Waals surface area contributed by atoms with Gasteiger partial charge in [0.25, 0.3) is 0 Å². The maximum atomic E-state index is 12.2. The van der Waals surface area contributed by atoms with Crippen molar-refractivity contribution >= 4 is 5.91 Å². The number of nitrogens with one attached hydrogen (secondary N) is 1. The lowest BCUT2D eigenvalue weighted by Crippen LogP contribution is -2.61. The van der Waals surface area contributed by atoms with Crippen molar-refractivity contribution in [1.29, 1.82) is 5.26 Å². The Morgan fingerprint density at radius 3 is 2.65 bits per heavy atom. The van der Waals surface area contributed by atoms with Crippen molar-refractivity contribution in [3.8, 4) is 6.07 Å². The van der Waals surface area contributed by atoms with Crippen LogP contribution in [-0.4, -0.2) is 23.2 Å². The summed E-state index contributed by atoms with van der Waals surface area (Å²) in [6.45, 7) is 3.84. The molecule has 0 saturated heterocycles. The zero-order valence-corrected chi connectivity index (χ0v) is 11.8. The predicted octanol–water partition coefficient (Wildman–Crippen LogP) is 1.64. The molecule has 0 heterocycles. The third-order valence-electron chi connectivity index (χ3n) is 4.29. The van der Waals surface area contributed by atoms with Crippen LogP contribution in [0.4, 0.5) is 0 Å². The number of rotatable bonds is 4. The first kappa shape index (κ1) is 14.5. The van der Waals surface area contributed by atoms with Gasteiger partial charge < -0.3 is 10.4 Å². The molecule has 2 rings (SSSR count). The fraction of sp³-hybridized carbons (Fsp3) is 0.500. The molecule has 3 unspecified atom stereocenters. The van der Waals surface area contributed by atoms with Gasteiger partial charge in [-0.1, -0.05) is 44.2 Å². The van der Waals surface area contributed by atoms with E-state index in [1.54, 1.807) is 0 Å². The van der Waals surface area contributed by atoms with Gasteiger partial charge in [0.05, 0.1) is 12.2 Å². The summed E-state index contributed by atoms with van der Waals surface area (Å²) in [6, 6.07) is 11.5. The molecule has 3 atom stereocenters. The predicted molar refractivity (Wildman–Crippen MR) is 75.6 cm³/mol. The third kappa shape index (κ3) is 2.83. The van der Waals surface area contributed by atoms with Gasteiger partial charge in [-0.3, -0.25) is 4.79 Å². The molecule has 4 nitrogen and oxygen atoms in total. The number of nitriles is 1. The molecule has 1 saturated carbocycles. The number of carbonyl (C=O) groups is 1. The molecule has 1 amide bonds. The van der Waals surface area contributed by atoms with Gasteiger partial charge in [0, 0.05) is 11.5 Å². The summed E-state index contributed by atoms with van der Waals surface area (Å²) >= 11 is 0. The van der Waals surface area contributed by atoms with Crippen LogP contribution in [0, 0.1) is 22.7 Å². The van der Waals surface area contributed by atoms with Crippen LogP contribution < -0.4 is 5.32 Å². The lowest BCUT2D eigenvalue weighted by Gasteiger charge is -2.49.